The number of anilines is 1. The Hall–Kier alpha value is -3.36. The van der Waals surface area contributed by atoms with E-state index in [-0.39, 0.29) is 11.9 Å². The van der Waals surface area contributed by atoms with E-state index in [2.05, 4.69) is 25.6 Å². The molecular formula is C21H18ClN7O. The van der Waals surface area contributed by atoms with E-state index in [9.17, 15) is 4.79 Å². The van der Waals surface area contributed by atoms with Crippen LogP contribution in [0, 0.1) is 0 Å². The van der Waals surface area contributed by atoms with Crippen LogP contribution in [0.25, 0.3) is 16.9 Å². The molecule has 9 heteroatoms. The Kier molecular flexibility index (Phi) is 4.86. The van der Waals surface area contributed by atoms with E-state index in [1.165, 1.54) is 0 Å². The maximum absolute atomic E-state index is 13.4. The molecule has 1 aromatic carbocycles. The topological polar surface area (TPSA) is 88.8 Å². The Bertz CT molecular complexity index is 1200. The lowest BCUT2D eigenvalue weighted by molar-refractivity contribution is 0.0977. The van der Waals surface area contributed by atoms with Crippen molar-refractivity contribution < 1.29 is 4.79 Å². The quantitative estimate of drug-likeness (QED) is 0.547. The van der Waals surface area contributed by atoms with Crippen LogP contribution in [0.4, 0.5) is 5.82 Å². The Morgan fingerprint density at radius 2 is 1.90 bits per heavy atom. The van der Waals surface area contributed by atoms with Gasteiger partial charge in [-0.3, -0.25) is 9.69 Å². The van der Waals surface area contributed by atoms with E-state index in [1.807, 2.05) is 24.3 Å². The second kappa shape index (κ2) is 7.81. The highest BCUT2D eigenvalue weighted by molar-refractivity contribution is 6.33. The van der Waals surface area contributed by atoms with E-state index < -0.39 is 0 Å². The molecule has 0 saturated carbocycles. The van der Waals surface area contributed by atoms with Crippen LogP contribution in [-0.2, 0) is 0 Å². The minimum Gasteiger partial charge on any atom is -0.315 e. The summed E-state index contributed by atoms with van der Waals surface area (Å²) in [6.45, 7) is 1.55. The fraction of sp³-hybridized carbons (Fsp3) is 0.190. The Balaban J connectivity index is 1.49. The SMILES string of the molecule is O=C(c1ccc(-n2nnc3cccnc32)cc1)N(c1ncccc1Cl)C1CCNC1. The molecule has 4 heterocycles. The molecule has 1 saturated heterocycles. The number of nitrogens with one attached hydrogen (secondary N) is 1. The van der Waals surface area contributed by atoms with Crippen molar-refractivity contribution in [1.29, 1.82) is 0 Å². The molecule has 4 aromatic rings. The van der Waals surface area contributed by atoms with E-state index in [4.69, 9.17) is 11.6 Å². The van der Waals surface area contributed by atoms with Crippen molar-refractivity contribution >= 4 is 34.5 Å². The highest BCUT2D eigenvalue weighted by Gasteiger charge is 2.31. The standard InChI is InChI=1S/C21H18ClN7O/c22-17-3-1-10-24-19(17)28(16-9-12-23-13-16)21(30)14-5-7-15(8-6-14)29-20-18(26-27-29)4-2-11-25-20/h1-8,10-11,16,23H,9,12-13H2. The van der Waals surface area contributed by atoms with Gasteiger partial charge in [-0.1, -0.05) is 16.8 Å². The first-order chi connectivity index (χ1) is 14.7. The third-order valence-corrected chi connectivity index (χ3v) is 5.45. The first-order valence-corrected chi connectivity index (χ1v) is 10.0. The molecule has 30 heavy (non-hydrogen) atoms. The summed E-state index contributed by atoms with van der Waals surface area (Å²) in [6, 6.07) is 14.4. The molecule has 0 bridgehead atoms. The van der Waals surface area contributed by atoms with Gasteiger partial charge in [-0.15, -0.1) is 5.10 Å². The number of fused-ring (bicyclic) bond motifs is 1. The Labute approximate surface area is 177 Å². The molecule has 1 atom stereocenters. The van der Waals surface area contributed by atoms with Crippen molar-refractivity contribution in [2.24, 2.45) is 0 Å². The summed E-state index contributed by atoms with van der Waals surface area (Å²) >= 11 is 6.37. The van der Waals surface area contributed by atoms with Crippen LogP contribution in [0.15, 0.2) is 60.9 Å². The van der Waals surface area contributed by atoms with Gasteiger partial charge in [-0.2, -0.15) is 4.68 Å². The highest BCUT2D eigenvalue weighted by Crippen LogP contribution is 2.28. The molecule has 8 nitrogen and oxygen atoms in total. The smallest absolute Gasteiger partial charge is 0.259 e. The Morgan fingerprint density at radius 3 is 2.67 bits per heavy atom. The van der Waals surface area contributed by atoms with Crippen molar-refractivity contribution in [3.63, 3.8) is 0 Å². The van der Waals surface area contributed by atoms with Gasteiger partial charge in [0.1, 0.15) is 5.52 Å². The fourth-order valence-corrected chi connectivity index (χ4v) is 3.89. The summed E-state index contributed by atoms with van der Waals surface area (Å²) in [6.07, 6.45) is 4.19. The zero-order valence-corrected chi connectivity index (χ0v) is 16.7. The van der Waals surface area contributed by atoms with Crippen molar-refractivity contribution in [3.05, 3.63) is 71.5 Å². The molecule has 0 radical (unpaired) electrons. The van der Waals surface area contributed by atoms with E-state index in [1.54, 1.807) is 46.2 Å². The van der Waals surface area contributed by atoms with Gasteiger partial charge in [-0.05, 0) is 61.5 Å². The number of carbonyl (C=O) groups is 1. The average molecular weight is 420 g/mol. The third kappa shape index (κ3) is 3.30. The first-order valence-electron chi connectivity index (χ1n) is 9.64. The lowest BCUT2D eigenvalue weighted by Gasteiger charge is -2.28. The van der Waals surface area contributed by atoms with Gasteiger partial charge in [0.25, 0.3) is 5.91 Å². The molecule has 1 fully saturated rings. The van der Waals surface area contributed by atoms with E-state index in [0.29, 0.717) is 34.1 Å². The fourth-order valence-electron chi connectivity index (χ4n) is 3.67. The number of amides is 1. The van der Waals surface area contributed by atoms with Crippen LogP contribution in [0.2, 0.25) is 5.02 Å². The number of carbonyl (C=O) groups excluding carboxylic acids is 1. The first kappa shape index (κ1) is 18.7. The third-order valence-electron chi connectivity index (χ3n) is 5.15. The molecule has 1 N–H and O–H groups in total. The van der Waals surface area contributed by atoms with Gasteiger partial charge in [0, 0.05) is 24.5 Å². The summed E-state index contributed by atoms with van der Waals surface area (Å²) in [4.78, 5) is 23.9. The number of pyridine rings is 2. The van der Waals surface area contributed by atoms with Gasteiger partial charge < -0.3 is 5.32 Å². The van der Waals surface area contributed by atoms with Gasteiger partial charge in [0.05, 0.1) is 16.8 Å². The van der Waals surface area contributed by atoms with E-state index >= 15 is 0 Å². The maximum Gasteiger partial charge on any atom is 0.259 e. The molecule has 1 aliphatic heterocycles. The monoisotopic (exact) mass is 419 g/mol. The molecule has 1 unspecified atom stereocenters. The molecule has 1 amide bonds. The lowest BCUT2D eigenvalue weighted by atomic mass is 10.1. The van der Waals surface area contributed by atoms with Gasteiger partial charge in [0.15, 0.2) is 11.5 Å². The van der Waals surface area contributed by atoms with Crippen molar-refractivity contribution in [1.82, 2.24) is 30.3 Å². The number of benzene rings is 1. The number of aromatic nitrogens is 5. The molecule has 5 rings (SSSR count). The molecule has 0 spiro atoms. The summed E-state index contributed by atoms with van der Waals surface area (Å²) in [5.74, 6) is 0.339. The zero-order valence-electron chi connectivity index (χ0n) is 15.9. The Morgan fingerprint density at radius 1 is 1.10 bits per heavy atom. The minimum absolute atomic E-state index is 0.00645. The summed E-state index contributed by atoms with van der Waals surface area (Å²) < 4.78 is 1.65. The molecule has 0 aliphatic carbocycles. The van der Waals surface area contributed by atoms with E-state index in [0.717, 1.165) is 18.7 Å². The normalized spacial score (nSPS) is 16.1. The zero-order chi connectivity index (χ0) is 20.5. The number of nitrogens with zero attached hydrogens (tertiary/aromatic N) is 6. The molecule has 1 aliphatic rings. The molecule has 150 valence electrons. The number of hydrogen-bond acceptors (Lipinski definition) is 6. The van der Waals surface area contributed by atoms with Gasteiger partial charge in [0.2, 0.25) is 0 Å². The van der Waals surface area contributed by atoms with Crippen molar-refractivity contribution in [3.8, 4) is 5.69 Å². The lowest BCUT2D eigenvalue weighted by Crippen LogP contribution is -2.42. The molecular weight excluding hydrogens is 402 g/mol. The maximum atomic E-state index is 13.4. The number of hydrogen-bond donors (Lipinski definition) is 1. The number of rotatable bonds is 4. The van der Waals surface area contributed by atoms with Gasteiger partial charge in [-0.25, -0.2) is 9.97 Å². The van der Waals surface area contributed by atoms with Crippen LogP contribution in [0.3, 0.4) is 0 Å². The predicted octanol–water partition coefficient (Wildman–Crippen LogP) is 2.87. The van der Waals surface area contributed by atoms with Crippen LogP contribution in [-0.4, -0.2) is 50.0 Å². The second-order valence-corrected chi connectivity index (χ2v) is 7.43. The van der Waals surface area contributed by atoms with Gasteiger partial charge >= 0.3 is 0 Å². The van der Waals surface area contributed by atoms with Crippen LogP contribution < -0.4 is 10.2 Å². The minimum atomic E-state index is -0.141. The molecule has 3 aromatic heterocycles. The predicted molar refractivity (Wildman–Crippen MR) is 114 cm³/mol. The van der Waals surface area contributed by atoms with Crippen LogP contribution >= 0.6 is 11.6 Å². The van der Waals surface area contributed by atoms with Crippen molar-refractivity contribution in [2.75, 3.05) is 18.0 Å². The number of halogens is 1. The summed E-state index contributed by atoms with van der Waals surface area (Å²) in [7, 11) is 0. The average Bonchev–Trinajstić information content (AvgIpc) is 3.46. The second-order valence-electron chi connectivity index (χ2n) is 7.02. The summed E-state index contributed by atoms with van der Waals surface area (Å²) in [5.41, 5.74) is 2.69. The van der Waals surface area contributed by atoms with Crippen molar-refractivity contribution in [2.45, 2.75) is 12.5 Å². The largest absolute Gasteiger partial charge is 0.315 e. The summed E-state index contributed by atoms with van der Waals surface area (Å²) in [5, 5.41) is 12.1. The highest BCUT2D eigenvalue weighted by atomic mass is 35.5. The van der Waals surface area contributed by atoms with Crippen LogP contribution in [0.5, 0.6) is 0 Å². The van der Waals surface area contributed by atoms with Crippen LogP contribution in [0.1, 0.15) is 16.8 Å².